The lowest BCUT2D eigenvalue weighted by molar-refractivity contribution is -0.870. The zero-order valence-electron chi connectivity index (χ0n) is 27.4. The third kappa shape index (κ3) is 8.56. The molecule has 0 unspecified atom stereocenters. The van der Waals surface area contributed by atoms with E-state index in [0.717, 1.165) is 55.1 Å². The summed E-state index contributed by atoms with van der Waals surface area (Å²) in [5.41, 5.74) is 0.788. The van der Waals surface area contributed by atoms with Gasteiger partial charge in [0.1, 0.15) is 0 Å². The van der Waals surface area contributed by atoms with Crippen molar-refractivity contribution in [2.24, 2.45) is 5.92 Å². The topological polar surface area (TPSA) is 109 Å². The van der Waals surface area contributed by atoms with Gasteiger partial charge in [-0.15, -0.1) is 0 Å². The van der Waals surface area contributed by atoms with Crippen LogP contribution < -0.4 is 14.2 Å². The number of quaternary nitrogens is 1. The van der Waals surface area contributed by atoms with Crippen LogP contribution in [0.3, 0.4) is 0 Å². The van der Waals surface area contributed by atoms with Crippen molar-refractivity contribution in [1.82, 2.24) is 14.7 Å². The molecular formula is C33H53N4O7+. The maximum absolute atomic E-state index is 13.9. The number of carbonyl (C=O) groups excluding carboxylic acids is 2. The molecule has 0 aliphatic carbocycles. The SMILES string of the molecule is CCCCN(CCCC[N+](C)(C)C)C(=O)CN1C[C@H](c2cc(OC)c3c(c2)OCO3)[C@@H](C(=O)O)[C@@H]1CCN1CCCCC1=O. The number of amides is 2. The van der Waals surface area contributed by atoms with Crippen molar-refractivity contribution in [3.63, 3.8) is 0 Å². The largest absolute Gasteiger partial charge is 0.493 e. The van der Waals surface area contributed by atoms with Gasteiger partial charge < -0.3 is 33.6 Å². The molecule has 0 radical (unpaired) electrons. The number of benzene rings is 1. The van der Waals surface area contributed by atoms with Crippen LogP contribution >= 0.6 is 0 Å². The number of unbranched alkanes of at least 4 members (excludes halogenated alkanes) is 2. The van der Waals surface area contributed by atoms with Gasteiger partial charge in [-0.2, -0.15) is 0 Å². The van der Waals surface area contributed by atoms with Crippen LogP contribution in [-0.4, -0.2) is 129 Å². The number of methoxy groups -OCH3 is 1. The second-order valence-corrected chi connectivity index (χ2v) is 13.5. The number of carbonyl (C=O) groups is 3. The number of hydrogen-bond acceptors (Lipinski definition) is 7. The van der Waals surface area contributed by atoms with Gasteiger partial charge in [0.2, 0.25) is 24.4 Å². The van der Waals surface area contributed by atoms with E-state index in [1.165, 1.54) is 0 Å². The molecule has 1 aromatic rings. The van der Waals surface area contributed by atoms with Crippen molar-refractivity contribution in [3.05, 3.63) is 17.7 Å². The van der Waals surface area contributed by atoms with Gasteiger partial charge in [-0.25, -0.2) is 0 Å². The van der Waals surface area contributed by atoms with Crippen LogP contribution in [0.25, 0.3) is 0 Å². The van der Waals surface area contributed by atoms with Gasteiger partial charge in [0, 0.05) is 51.1 Å². The minimum absolute atomic E-state index is 0.0378. The molecule has 0 spiro atoms. The van der Waals surface area contributed by atoms with Crippen molar-refractivity contribution < 1.29 is 38.2 Å². The first-order valence-electron chi connectivity index (χ1n) is 16.3. The van der Waals surface area contributed by atoms with E-state index in [0.29, 0.717) is 62.8 Å². The predicted molar refractivity (Wildman–Crippen MR) is 167 cm³/mol. The highest BCUT2D eigenvalue weighted by Gasteiger charge is 2.48. The highest BCUT2D eigenvalue weighted by atomic mass is 16.7. The molecule has 2 amide bonds. The molecule has 11 nitrogen and oxygen atoms in total. The zero-order chi connectivity index (χ0) is 31.9. The van der Waals surface area contributed by atoms with Crippen LogP contribution in [0.2, 0.25) is 0 Å². The second kappa shape index (κ2) is 15.3. The van der Waals surface area contributed by atoms with E-state index < -0.39 is 17.9 Å². The van der Waals surface area contributed by atoms with E-state index in [-0.39, 0.29) is 31.1 Å². The minimum atomic E-state index is -0.903. The number of piperidine rings is 1. The van der Waals surface area contributed by atoms with E-state index >= 15 is 0 Å². The van der Waals surface area contributed by atoms with Gasteiger partial charge in [-0.1, -0.05) is 13.3 Å². The molecule has 0 saturated carbocycles. The third-order valence-electron chi connectivity index (χ3n) is 9.24. The van der Waals surface area contributed by atoms with Crippen LogP contribution in [0.15, 0.2) is 12.1 Å². The number of rotatable bonds is 16. The lowest BCUT2D eigenvalue weighted by atomic mass is 9.84. The second-order valence-electron chi connectivity index (χ2n) is 13.5. The minimum Gasteiger partial charge on any atom is -0.493 e. The Morgan fingerprint density at radius 1 is 1.11 bits per heavy atom. The van der Waals surface area contributed by atoms with E-state index in [2.05, 4.69) is 33.0 Å². The summed E-state index contributed by atoms with van der Waals surface area (Å²) in [6.45, 7) is 6.39. The van der Waals surface area contributed by atoms with Crippen molar-refractivity contribution in [3.8, 4) is 17.2 Å². The first-order chi connectivity index (χ1) is 21.0. The summed E-state index contributed by atoms with van der Waals surface area (Å²) in [6, 6.07) is 3.29. The first kappa shape index (κ1) is 33.8. The third-order valence-corrected chi connectivity index (χ3v) is 9.24. The summed E-state index contributed by atoms with van der Waals surface area (Å²) >= 11 is 0. The van der Waals surface area contributed by atoms with E-state index in [4.69, 9.17) is 14.2 Å². The highest BCUT2D eigenvalue weighted by molar-refractivity contribution is 5.79. The zero-order valence-corrected chi connectivity index (χ0v) is 27.4. The van der Waals surface area contributed by atoms with Gasteiger partial charge >= 0.3 is 5.97 Å². The molecule has 0 bridgehead atoms. The fourth-order valence-electron chi connectivity index (χ4n) is 6.81. The molecule has 3 aliphatic rings. The number of aliphatic carboxylic acids is 1. The smallest absolute Gasteiger partial charge is 0.308 e. The van der Waals surface area contributed by atoms with Gasteiger partial charge in [0.25, 0.3) is 0 Å². The molecular weight excluding hydrogens is 564 g/mol. The summed E-state index contributed by atoms with van der Waals surface area (Å²) in [5, 5.41) is 10.6. The first-order valence-corrected chi connectivity index (χ1v) is 16.3. The number of carboxylic acids is 1. The highest BCUT2D eigenvalue weighted by Crippen LogP contribution is 2.47. The van der Waals surface area contributed by atoms with E-state index in [9.17, 15) is 19.5 Å². The molecule has 246 valence electrons. The molecule has 3 heterocycles. The summed E-state index contributed by atoms with van der Waals surface area (Å²) in [5.74, 6) is -0.335. The number of nitrogens with zero attached hydrogens (tertiary/aromatic N) is 4. The number of ether oxygens (including phenoxy) is 3. The Morgan fingerprint density at radius 3 is 2.57 bits per heavy atom. The van der Waals surface area contributed by atoms with E-state index in [1.54, 1.807) is 7.11 Å². The molecule has 3 atom stereocenters. The fraction of sp³-hybridized carbons (Fsp3) is 0.727. The number of fused-ring (bicyclic) bond motifs is 1. The van der Waals surface area contributed by atoms with Crippen molar-refractivity contribution in [2.75, 3.05) is 80.9 Å². The monoisotopic (exact) mass is 617 g/mol. The molecule has 2 saturated heterocycles. The lowest BCUT2D eigenvalue weighted by Crippen LogP contribution is -2.46. The van der Waals surface area contributed by atoms with Crippen LogP contribution in [-0.2, 0) is 14.4 Å². The Labute approximate surface area is 262 Å². The normalized spacial score (nSPS) is 22.0. The van der Waals surface area contributed by atoms with Gasteiger partial charge in [-0.05, 0) is 56.2 Å². The number of hydrogen-bond donors (Lipinski definition) is 1. The lowest BCUT2D eigenvalue weighted by Gasteiger charge is -2.32. The molecule has 11 heteroatoms. The van der Waals surface area contributed by atoms with Gasteiger partial charge in [-0.3, -0.25) is 19.3 Å². The molecule has 44 heavy (non-hydrogen) atoms. The van der Waals surface area contributed by atoms with Crippen LogP contribution in [0.1, 0.15) is 69.8 Å². The molecule has 4 rings (SSSR count). The predicted octanol–water partition coefficient (Wildman–Crippen LogP) is 3.41. The Balaban J connectivity index is 1.57. The van der Waals surface area contributed by atoms with Crippen molar-refractivity contribution in [1.29, 1.82) is 0 Å². The average molecular weight is 618 g/mol. The molecule has 1 N–H and O–H groups in total. The Kier molecular flexibility index (Phi) is 11.8. The van der Waals surface area contributed by atoms with Crippen molar-refractivity contribution >= 4 is 17.8 Å². The fourth-order valence-corrected chi connectivity index (χ4v) is 6.81. The quantitative estimate of drug-likeness (QED) is 0.222. The Bertz CT molecular complexity index is 1150. The Morgan fingerprint density at radius 2 is 1.89 bits per heavy atom. The Hall–Kier alpha value is -3.05. The molecule has 1 aromatic carbocycles. The summed E-state index contributed by atoms with van der Waals surface area (Å²) in [4.78, 5) is 45.4. The summed E-state index contributed by atoms with van der Waals surface area (Å²) < 4.78 is 17.7. The van der Waals surface area contributed by atoms with E-state index in [1.807, 2.05) is 21.9 Å². The standard InChI is InChI=1S/C33H52N4O7/c1-6-7-14-34(16-10-11-18-37(2,3)4)30(39)22-36-21-25(24-19-27(42-5)32-28(20-24)43-23-44-32)31(33(40)41)26(36)13-17-35-15-9-8-12-29(35)38/h19-20,25-26,31H,6-18,21-23H2,1-5H3/p+1/t25-,26+,31-/m1/s1. The van der Waals surface area contributed by atoms with Crippen LogP contribution in [0.4, 0.5) is 0 Å². The summed E-state index contributed by atoms with van der Waals surface area (Å²) in [7, 11) is 8.08. The van der Waals surface area contributed by atoms with Crippen LogP contribution in [0, 0.1) is 5.92 Å². The summed E-state index contributed by atoms with van der Waals surface area (Å²) in [6.07, 6.45) is 6.77. The molecule has 0 aromatic heterocycles. The van der Waals surface area contributed by atoms with Gasteiger partial charge in [0.05, 0.1) is 47.3 Å². The molecule has 3 aliphatic heterocycles. The maximum atomic E-state index is 13.9. The number of carboxylic acid groups (broad SMARTS) is 1. The van der Waals surface area contributed by atoms with Gasteiger partial charge in [0.15, 0.2) is 11.5 Å². The van der Waals surface area contributed by atoms with Crippen LogP contribution in [0.5, 0.6) is 17.2 Å². The average Bonchev–Trinajstić information content (AvgIpc) is 3.60. The number of likely N-dealkylation sites (tertiary alicyclic amines) is 2. The molecule has 2 fully saturated rings. The van der Waals surface area contributed by atoms with Crippen molar-refractivity contribution in [2.45, 2.75) is 70.3 Å². The maximum Gasteiger partial charge on any atom is 0.308 e.